The number of para-hydroxylation sites is 2. The predicted molar refractivity (Wildman–Crippen MR) is 164 cm³/mol. The van der Waals surface area contributed by atoms with Crippen LogP contribution < -0.4 is 10.9 Å². The van der Waals surface area contributed by atoms with E-state index in [1.807, 2.05) is 0 Å². The summed E-state index contributed by atoms with van der Waals surface area (Å²) in [5.41, 5.74) is 1.17. The Morgan fingerprint density at radius 1 is 0.512 bits per heavy atom. The summed E-state index contributed by atoms with van der Waals surface area (Å²) in [6, 6.07) is 27.1. The number of azo groups is 2. The smallest absolute Gasteiger partial charge is 0.221 e. The Labute approximate surface area is 263 Å². The van der Waals surface area contributed by atoms with Gasteiger partial charge in [-0.05, 0) is 72.8 Å². The van der Waals surface area contributed by atoms with Crippen molar-refractivity contribution in [2.45, 2.75) is 0 Å². The van der Waals surface area contributed by atoms with Crippen molar-refractivity contribution < 1.29 is 26.7 Å². The van der Waals surface area contributed by atoms with Crippen LogP contribution in [0.2, 0.25) is 10.0 Å². The van der Waals surface area contributed by atoms with Crippen LogP contribution >= 0.6 is 23.2 Å². The van der Waals surface area contributed by atoms with E-state index in [0.29, 0.717) is 43.2 Å². The van der Waals surface area contributed by atoms with E-state index in [1.165, 1.54) is 0 Å². The monoisotopic (exact) mass is 656 g/mol. The fourth-order valence-electron chi connectivity index (χ4n) is 3.84. The van der Waals surface area contributed by atoms with Crippen LogP contribution in [0.25, 0.3) is 21.8 Å². The normalized spacial score (nSPS) is 11.0. The molecule has 0 amide bonds. The van der Waals surface area contributed by atoms with Crippen LogP contribution in [0.5, 0.6) is 11.8 Å². The summed E-state index contributed by atoms with van der Waals surface area (Å²) in [7, 11) is 0. The molecule has 0 aliphatic heterocycles. The molecular weight excluding hydrogens is 638 g/mol. The van der Waals surface area contributed by atoms with Gasteiger partial charge in [-0.25, -0.2) is 0 Å². The number of aromatic hydroxyl groups is 2. The largest absolute Gasteiger partial charge is 0.493 e. The van der Waals surface area contributed by atoms with E-state index in [2.05, 4.69) is 30.4 Å². The number of hydrogen-bond donors (Lipinski definition) is 4. The molecule has 0 radical (unpaired) electrons. The molecule has 2 aromatic heterocycles. The number of nitrogens with zero attached hydrogens (tertiary/aromatic N) is 4. The number of benzene rings is 4. The SMILES string of the molecule is O=c1c(N=Nc2ccc(Cl)cc2)c(O)[nH]c2ccccc12.O=c1c(N=Nc2ccc(Cl)cc2)c(O)[nH]c2ccccc12.[Ni]. The van der Waals surface area contributed by atoms with Crippen LogP contribution in [0, 0.1) is 0 Å². The van der Waals surface area contributed by atoms with E-state index in [4.69, 9.17) is 23.2 Å². The molecular formula is C30H20Cl2N6NiO4. The van der Waals surface area contributed by atoms with Gasteiger partial charge in [-0.2, -0.15) is 10.2 Å². The van der Waals surface area contributed by atoms with Crippen molar-refractivity contribution in [1.82, 2.24) is 9.97 Å². The van der Waals surface area contributed by atoms with Gasteiger partial charge in [-0.15, -0.1) is 10.2 Å². The van der Waals surface area contributed by atoms with Gasteiger partial charge in [0.15, 0.2) is 11.4 Å². The third kappa shape index (κ3) is 7.34. The molecule has 0 bridgehead atoms. The standard InChI is InChI=1S/2C15H10ClN3O2.Ni/c2*16-9-5-7-10(8-6-9)18-19-13-14(20)11-3-1-2-4-12(11)17-15(13)21;/h2*1-8H,(H2,17,20,21);. The van der Waals surface area contributed by atoms with Gasteiger partial charge < -0.3 is 20.2 Å². The molecule has 4 aromatic carbocycles. The maximum Gasteiger partial charge on any atom is 0.221 e. The minimum atomic E-state index is -0.375. The van der Waals surface area contributed by atoms with Gasteiger partial charge in [0.2, 0.25) is 22.6 Å². The van der Waals surface area contributed by atoms with Crippen LogP contribution in [-0.4, -0.2) is 20.2 Å². The third-order valence-corrected chi connectivity index (χ3v) is 6.42. The summed E-state index contributed by atoms with van der Waals surface area (Å²) < 4.78 is 0. The summed E-state index contributed by atoms with van der Waals surface area (Å²) in [6.07, 6.45) is 0. The fraction of sp³-hybridized carbons (Fsp3) is 0. The number of fused-ring (bicyclic) bond motifs is 2. The summed E-state index contributed by atoms with van der Waals surface area (Å²) in [5.74, 6) is -0.618. The van der Waals surface area contributed by atoms with Gasteiger partial charge in [0.05, 0.1) is 22.4 Å². The minimum absolute atomic E-state index is 0. The number of hydrogen-bond acceptors (Lipinski definition) is 8. The number of nitrogens with one attached hydrogen (secondary N) is 2. The molecule has 6 rings (SSSR count). The quantitative estimate of drug-likeness (QED) is 0.111. The molecule has 0 aliphatic rings. The van der Waals surface area contributed by atoms with Crippen LogP contribution in [-0.2, 0) is 16.5 Å². The molecule has 0 saturated carbocycles. The Hall–Kier alpha value is -4.83. The molecule has 0 saturated heterocycles. The van der Waals surface area contributed by atoms with E-state index in [1.54, 1.807) is 97.1 Å². The van der Waals surface area contributed by atoms with Gasteiger partial charge >= 0.3 is 0 Å². The zero-order valence-corrected chi connectivity index (χ0v) is 24.3. The number of rotatable bonds is 4. The fourth-order valence-corrected chi connectivity index (χ4v) is 4.09. The Morgan fingerprint density at radius 2 is 0.860 bits per heavy atom. The van der Waals surface area contributed by atoms with Crippen molar-refractivity contribution >= 4 is 67.8 Å². The maximum absolute atomic E-state index is 12.3. The maximum atomic E-state index is 12.3. The summed E-state index contributed by atoms with van der Waals surface area (Å²) in [4.78, 5) is 30.0. The van der Waals surface area contributed by atoms with E-state index >= 15 is 0 Å². The Balaban J connectivity index is 0.000000192. The van der Waals surface area contributed by atoms with Gasteiger partial charge in [-0.3, -0.25) is 9.59 Å². The third-order valence-electron chi connectivity index (χ3n) is 5.91. The van der Waals surface area contributed by atoms with Gasteiger partial charge in [0.25, 0.3) is 0 Å². The van der Waals surface area contributed by atoms with E-state index in [-0.39, 0.29) is 50.5 Å². The molecule has 43 heavy (non-hydrogen) atoms. The van der Waals surface area contributed by atoms with Crippen LogP contribution in [0.15, 0.2) is 127 Å². The zero-order valence-electron chi connectivity index (χ0n) is 21.8. The molecule has 218 valence electrons. The molecule has 10 nitrogen and oxygen atoms in total. The zero-order chi connectivity index (χ0) is 29.6. The number of H-pyrrole nitrogens is 2. The minimum Gasteiger partial charge on any atom is -0.493 e. The first-order chi connectivity index (χ1) is 20.3. The predicted octanol–water partition coefficient (Wildman–Crippen LogP) is 8.60. The van der Waals surface area contributed by atoms with Gasteiger partial charge in [0.1, 0.15) is 0 Å². The summed E-state index contributed by atoms with van der Waals surface area (Å²) in [5, 5.41) is 37.4. The average molecular weight is 658 g/mol. The molecule has 0 fully saturated rings. The molecule has 2 heterocycles. The first-order valence-corrected chi connectivity index (χ1v) is 13.1. The van der Waals surface area contributed by atoms with Crippen LogP contribution in [0.3, 0.4) is 0 Å². The number of pyridine rings is 2. The van der Waals surface area contributed by atoms with Crippen molar-refractivity contribution in [2.24, 2.45) is 20.5 Å². The van der Waals surface area contributed by atoms with Crippen molar-refractivity contribution in [3.63, 3.8) is 0 Å². The van der Waals surface area contributed by atoms with Crippen molar-refractivity contribution in [2.75, 3.05) is 0 Å². The van der Waals surface area contributed by atoms with Crippen molar-refractivity contribution in [1.29, 1.82) is 0 Å². The molecule has 13 heteroatoms. The topological polar surface area (TPSA) is 156 Å². The van der Waals surface area contributed by atoms with Crippen molar-refractivity contribution in [3.8, 4) is 11.8 Å². The second-order valence-electron chi connectivity index (χ2n) is 8.75. The second kappa shape index (κ2) is 13.9. The summed E-state index contributed by atoms with van der Waals surface area (Å²) in [6.45, 7) is 0. The molecule has 4 N–H and O–H groups in total. The van der Waals surface area contributed by atoms with Crippen molar-refractivity contribution in [3.05, 3.63) is 128 Å². The Bertz CT molecular complexity index is 1930. The molecule has 0 aliphatic carbocycles. The second-order valence-corrected chi connectivity index (χ2v) is 9.62. The Morgan fingerprint density at radius 3 is 1.23 bits per heavy atom. The molecule has 0 atom stereocenters. The molecule has 6 aromatic rings. The van der Waals surface area contributed by atoms with Crippen LogP contribution in [0.1, 0.15) is 0 Å². The Kier molecular flexibility index (Phi) is 10.1. The number of aromatic amines is 2. The van der Waals surface area contributed by atoms with E-state index < -0.39 is 0 Å². The molecule has 0 spiro atoms. The van der Waals surface area contributed by atoms with Gasteiger partial charge in [0, 0.05) is 37.3 Å². The van der Waals surface area contributed by atoms with Crippen LogP contribution in [0.4, 0.5) is 22.7 Å². The number of halogens is 2. The first-order valence-electron chi connectivity index (χ1n) is 12.3. The summed E-state index contributed by atoms with van der Waals surface area (Å²) >= 11 is 11.6. The first kappa shape index (κ1) is 31.1. The average Bonchev–Trinajstić information content (AvgIpc) is 2.99. The van der Waals surface area contributed by atoms with E-state index in [9.17, 15) is 19.8 Å². The molecule has 0 unspecified atom stereocenters. The van der Waals surface area contributed by atoms with E-state index in [0.717, 1.165) is 0 Å². The number of aromatic nitrogens is 2. The van der Waals surface area contributed by atoms with Gasteiger partial charge in [-0.1, -0.05) is 47.5 Å².